The number of aromatic nitrogens is 2. The maximum atomic E-state index is 13.3. The monoisotopic (exact) mass is 451 g/mol. The zero-order valence-corrected chi connectivity index (χ0v) is 19.3. The molecule has 33 heavy (non-hydrogen) atoms. The minimum Gasteiger partial charge on any atom is -0.457 e. The van der Waals surface area contributed by atoms with Gasteiger partial charge < -0.3 is 14.8 Å². The van der Waals surface area contributed by atoms with E-state index >= 15 is 0 Å². The summed E-state index contributed by atoms with van der Waals surface area (Å²) in [5.41, 5.74) is 0.738. The Bertz CT molecular complexity index is 1160. The van der Waals surface area contributed by atoms with Gasteiger partial charge in [0.25, 0.3) is 5.56 Å². The van der Waals surface area contributed by atoms with Gasteiger partial charge in [0, 0.05) is 20.0 Å². The third-order valence-electron chi connectivity index (χ3n) is 4.83. The molecule has 174 valence electrons. The Kier molecular flexibility index (Phi) is 7.37. The highest BCUT2D eigenvalue weighted by atomic mass is 16.6. The maximum Gasteiger partial charge on any atom is 0.407 e. The maximum absolute atomic E-state index is 13.3. The van der Waals surface area contributed by atoms with Crippen molar-refractivity contribution in [2.24, 2.45) is 7.05 Å². The molecule has 1 heterocycles. The zero-order valence-electron chi connectivity index (χ0n) is 19.3. The van der Waals surface area contributed by atoms with Crippen molar-refractivity contribution in [2.45, 2.75) is 39.4 Å². The second-order valence-electron chi connectivity index (χ2n) is 8.54. The molecule has 0 saturated heterocycles. The van der Waals surface area contributed by atoms with Crippen LogP contribution < -0.4 is 10.9 Å². The van der Waals surface area contributed by atoms with Gasteiger partial charge in [-0.2, -0.15) is 0 Å². The van der Waals surface area contributed by atoms with Crippen molar-refractivity contribution < 1.29 is 19.1 Å². The predicted octanol–water partition coefficient (Wildman–Crippen LogP) is 3.60. The number of hydrogen-bond acceptors (Lipinski definition) is 5. The first-order valence-corrected chi connectivity index (χ1v) is 10.7. The number of para-hydroxylation sites is 1. The zero-order chi connectivity index (χ0) is 24.0. The largest absolute Gasteiger partial charge is 0.457 e. The van der Waals surface area contributed by atoms with Gasteiger partial charge in [-0.15, -0.1) is 0 Å². The predicted molar refractivity (Wildman–Crippen MR) is 125 cm³/mol. The van der Waals surface area contributed by atoms with E-state index < -0.39 is 23.2 Å². The Hall–Kier alpha value is -3.81. The fraction of sp³-hybridized carbons (Fsp3) is 0.320. The Balaban J connectivity index is 1.87. The highest BCUT2D eigenvalue weighted by molar-refractivity contribution is 5.90. The van der Waals surface area contributed by atoms with E-state index in [0.29, 0.717) is 11.4 Å². The number of nitrogens with one attached hydrogen (secondary N) is 1. The number of hydrogen-bond donors (Lipinski definition) is 1. The summed E-state index contributed by atoms with van der Waals surface area (Å²) in [6.45, 7) is 5.56. The lowest BCUT2D eigenvalue weighted by atomic mass is 10.2. The molecule has 8 nitrogen and oxygen atoms in total. The summed E-state index contributed by atoms with van der Waals surface area (Å²) in [7, 11) is 1.70. The van der Waals surface area contributed by atoms with Gasteiger partial charge in [0.1, 0.15) is 17.8 Å². The normalized spacial score (nSPS) is 11.2. The Labute approximate surface area is 192 Å². The van der Waals surface area contributed by atoms with E-state index in [0.717, 1.165) is 5.56 Å². The van der Waals surface area contributed by atoms with E-state index in [4.69, 9.17) is 9.47 Å². The molecule has 1 aromatic heterocycles. The Morgan fingerprint density at radius 3 is 2.18 bits per heavy atom. The second kappa shape index (κ2) is 10.2. The van der Waals surface area contributed by atoms with E-state index in [1.807, 2.05) is 48.5 Å². The van der Waals surface area contributed by atoms with Gasteiger partial charge in [-0.3, -0.25) is 9.48 Å². The van der Waals surface area contributed by atoms with E-state index in [1.54, 1.807) is 44.6 Å². The number of ether oxygens (including phenoxy) is 2. The summed E-state index contributed by atoms with van der Waals surface area (Å²) >= 11 is 0. The second-order valence-corrected chi connectivity index (χ2v) is 8.54. The van der Waals surface area contributed by atoms with Crippen LogP contribution in [0.15, 0.2) is 65.5 Å². The average Bonchev–Trinajstić information content (AvgIpc) is 3.01. The van der Waals surface area contributed by atoms with E-state index in [-0.39, 0.29) is 25.1 Å². The van der Waals surface area contributed by atoms with Gasteiger partial charge in [-0.05, 0) is 38.5 Å². The fourth-order valence-corrected chi connectivity index (χ4v) is 3.39. The van der Waals surface area contributed by atoms with E-state index in [1.165, 1.54) is 4.68 Å². The number of esters is 1. The molecule has 0 radical (unpaired) electrons. The first kappa shape index (κ1) is 23.8. The molecule has 1 N–H and O–H groups in total. The summed E-state index contributed by atoms with van der Waals surface area (Å²) in [6.07, 6.45) is -0.330. The number of nitrogens with zero attached hydrogens (tertiary/aromatic N) is 2. The number of rotatable bonds is 7. The van der Waals surface area contributed by atoms with Crippen LogP contribution in [0.3, 0.4) is 0 Å². The van der Waals surface area contributed by atoms with Crippen LogP contribution in [0.2, 0.25) is 0 Å². The number of benzene rings is 2. The molecule has 0 spiro atoms. The summed E-state index contributed by atoms with van der Waals surface area (Å²) < 4.78 is 13.7. The van der Waals surface area contributed by atoms with E-state index in [2.05, 4.69) is 5.32 Å². The molecule has 0 aliphatic rings. The lowest BCUT2D eigenvalue weighted by Crippen LogP contribution is -2.34. The van der Waals surface area contributed by atoms with Gasteiger partial charge in [0.05, 0.1) is 11.4 Å². The molecule has 1 amide bonds. The number of amides is 1. The van der Waals surface area contributed by atoms with Gasteiger partial charge in [0.15, 0.2) is 0 Å². The summed E-state index contributed by atoms with van der Waals surface area (Å²) in [6, 6.07) is 18.3. The summed E-state index contributed by atoms with van der Waals surface area (Å²) in [5.74, 6) is -0.707. The number of alkyl carbamates (subject to hydrolysis) is 1. The van der Waals surface area contributed by atoms with Crippen LogP contribution in [0, 0.1) is 0 Å². The summed E-state index contributed by atoms with van der Waals surface area (Å²) in [4.78, 5) is 38.3. The molecule has 0 bridgehead atoms. The van der Waals surface area contributed by atoms with Crippen LogP contribution in [-0.2, 0) is 29.5 Å². The van der Waals surface area contributed by atoms with Gasteiger partial charge >= 0.3 is 12.1 Å². The van der Waals surface area contributed by atoms with Crippen LogP contribution in [0.5, 0.6) is 0 Å². The lowest BCUT2D eigenvalue weighted by molar-refractivity contribution is 0.0469. The number of carbonyl (C=O) groups excluding carboxylic acids is 2. The Morgan fingerprint density at radius 2 is 1.58 bits per heavy atom. The van der Waals surface area contributed by atoms with Crippen molar-refractivity contribution in [1.82, 2.24) is 14.7 Å². The molecule has 2 aromatic carbocycles. The molecule has 3 rings (SSSR count). The average molecular weight is 452 g/mol. The van der Waals surface area contributed by atoms with Crippen molar-refractivity contribution in [3.8, 4) is 5.69 Å². The third-order valence-corrected chi connectivity index (χ3v) is 4.83. The van der Waals surface area contributed by atoms with Crippen LogP contribution >= 0.6 is 0 Å². The minimum absolute atomic E-state index is 0.0505. The molecule has 0 aliphatic heterocycles. The third kappa shape index (κ3) is 6.12. The highest BCUT2D eigenvalue weighted by Gasteiger charge is 2.26. The van der Waals surface area contributed by atoms with Gasteiger partial charge in [-0.25, -0.2) is 14.3 Å². The van der Waals surface area contributed by atoms with E-state index in [9.17, 15) is 14.4 Å². The van der Waals surface area contributed by atoms with Crippen molar-refractivity contribution in [2.75, 3.05) is 6.54 Å². The quantitative estimate of drug-likeness (QED) is 0.554. The smallest absolute Gasteiger partial charge is 0.407 e. The van der Waals surface area contributed by atoms with Gasteiger partial charge in [-0.1, -0.05) is 48.5 Å². The van der Waals surface area contributed by atoms with Crippen molar-refractivity contribution in [3.63, 3.8) is 0 Å². The molecule has 8 heteroatoms. The van der Waals surface area contributed by atoms with Crippen molar-refractivity contribution in [3.05, 3.63) is 87.8 Å². The molecule has 3 aromatic rings. The van der Waals surface area contributed by atoms with Crippen molar-refractivity contribution >= 4 is 12.1 Å². The summed E-state index contributed by atoms with van der Waals surface area (Å²) in [5, 5.41) is 2.67. The van der Waals surface area contributed by atoms with Crippen LogP contribution in [0.1, 0.15) is 42.4 Å². The number of carbonyl (C=O) groups is 2. The lowest BCUT2D eigenvalue weighted by Gasteiger charge is -2.19. The molecular weight excluding hydrogens is 422 g/mol. The molecule has 0 unspecified atom stereocenters. The molecular formula is C25H29N3O5. The van der Waals surface area contributed by atoms with Gasteiger partial charge in [0.2, 0.25) is 0 Å². The molecule has 0 atom stereocenters. The molecule has 0 saturated carbocycles. The minimum atomic E-state index is -0.707. The SMILES string of the molecule is Cn1c(CCNC(=O)OC(C)(C)C)c(C(=O)OCc2ccccc2)c(=O)n1-c1ccccc1. The first-order valence-electron chi connectivity index (χ1n) is 10.7. The molecule has 0 fully saturated rings. The highest BCUT2D eigenvalue weighted by Crippen LogP contribution is 2.14. The first-order chi connectivity index (χ1) is 15.7. The van der Waals surface area contributed by atoms with Crippen LogP contribution in [0.4, 0.5) is 4.79 Å². The fourth-order valence-electron chi connectivity index (χ4n) is 3.39. The standard InChI is InChI=1S/C25H29N3O5/c1-25(2,3)33-24(31)26-16-15-20-21(23(30)32-17-18-11-7-5-8-12-18)22(29)28(27(20)4)19-13-9-6-10-14-19/h5-14H,15-17H2,1-4H3,(H,26,31). The topological polar surface area (TPSA) is 91.6 Å². The Morgan fingerprint density at radius 1 is 0.970 bits per heavy atom. The van der Waals surface area contributed by atoms with Crippen molar-refractivity contribution in [1.29, 1.82) is 0 Å². The van der Waals surface area contributed by atoms with Crippen LogP contribution in [0.25, 0.3) is 5.69 Å². The molecule has 0 aliphatic carbocycles. The van der Waals surface area contributed by atoms with Crippen LogP contribution in [-0.4, -0.2) is 33.6 Å².